The largest absolute Gasteiger partial charge is 0.481 e. The molecule has 2 rings (SSSR count). The third-order valence-corrected chi connectivity index (χ3v) is 3.60. The molecule has 0 aliphatic carbocycles. The van der Waals surface area contributed by atoms with Crippen LogP contribution in [-0.4, -0.2) is 16.1 Å². The number of hydrogen-bond acceptors (Lipinski definition) is 4. The van der Waals surface area contributed by atoms with Gasteiger partial charge in [0.05, 0.1) is 6.42 Å². The van der Waals surface area contributed by atoms with Gasteiger partial charge in [-0.05, 0) is 23.3 Å². The van der Waals surface area contributed by atoms with Crippen LogP contribution in [-0.2, 0) is 17.0 Å². The summed E-state index contributed by atoms with van der Waals surface area (Å²) < 4.78 is 0. The van der Waals surface area contributed by atoms with Crippen molar-refractivity contribution < 1.29 is 9.90 Å². The molecular formula is C14H14N2O2S. The lowest BCUT2D eigenvalue weighted by Gasteiger charge is -2.03. The first-order valence-electron chi connectivity index (χ1n) is 5.77. The van der Waals surface area contributed by atoms with Gasteiger partial charge in [0, 0.05) is 16.8 Å². The number of nitrogens with zero attached hydrogens (tertiary/aromatic N) is 1. The number of pyridine rings is 1. The fourth-order valence-electron chi connectivity index (χ4n) is 1.57. The van der Waals surface area contributed by atoms with Crippen LogP contribution in [0.1, 0.15) is 11.1 Å². The highest BCUT2D eigenvalue weighted by atomic mass is 32.2. The van der Waals surface area contributed by atoms with Gasteiger partial charge < -0.3 is 10.8 Å². The van der Waals surface area contributed by atoms with Crippen molar-refractivity contribution in [1.82, 2.24) is 4.98 Å². The average Bonchev–Trinajstić information content (AvgIpc) is 2.39. The summed E-state index contributed by atoms with van der Waals surface area (Å²) in [5.74, 6) is 0.524. The van der Waals surface area contributed by atoms with Crippen LogP contribution in [0.2, 0.25) is 0 Å². The number of carboxylic acids is 1. The molecule has 0 saturated heterocycles. The molecule has 3 N–H and O–H groups in total. The summed E-state index contributed by atoms with van der Waals surface area (Å²) >= 11 is 1.67. The van der Waals surface area contributed by atoms with Gasteiger partial charge in [0.25, 0.3) is 0 Å². The van der Waals surface area contributed by atoms with Crippen molar-refractivity contribution >= 4 is 23.5 Å². The second kappa shape index (κ2) is 6.24. The number of carboxylic acid groups (broad SMARTS) is 1. The lowest BCUT2D eigenvalue weighted by atomic mass is 10.1. The van der Waals surface area contributed by atoms with Crippen molar-refractivity contribution in [3.05, 3.63) is 53.7 Å². The van der Waals surface area contributed by atoms with Gasteiger partial charge >= 0.3 is 5.97 Å². The second-order valence-corrected chi connectivity index (χ2v) is 5.14. The van der Waals surface area contributed by atoms with E-state index in [1.54, 1.807) is 24.0 Å². The minimum atomic E-state index is -0.810. The summed E-state index contributed by atoms with van der Waals surface area (Å²) in [4.78, 5) is 15.7. The Labute approximate surface area is 115 Å². The van der Waals surface area contributed by atoms with Crippen LogP contribution in [0.15, 0.2) is 47.5 Å². The van der Waals surface area contributed by atoms with Gasteiger partial charge in [-0.15, -0.1) is 11.8 Å². The van der Waals surface area contributed by atoms with E-state index in [1.807, 2.05) is 30.3 Å². The number of hydrogen-bond donors (Lipinski definition) is 2. The highest BCUT2D eigenvalue weighted by molar-refractivity contribution is 7.98. The Morgan fingerprint density at radius 2 is 1.84 bits per heavy atom. The van der Waals surface area contributed by atoms with Gasteiger partial charge in [-0.1, -0.05) is 24.3 Å². The SMILES string of the molecule is Nc1ccc(SCc2ccc(CC(=O)O)cc2)cn1. The molecule has 0 unspecified atom stereocenters. The number of rotatable bonds is 5. The van der Waals surface area contributed by atoms with E-state index in [4.69, 9.17) is 10.8 Å². The van der Waals surface area contributed by atoms with E-state index in [0.29, 0.717) is 5.82 Å². The number of aromatic nitrogens is 1. The normalized spacial score (nSPS) is 10.3. The second-order valence-electron chi connectivity index (χ2n) is 4.09. The molecule has 98 valence electrons. The molecular weight excluding hydrogens is 260 g/mol. The Balaban J connectivity index is 1.92. The van der Waals surface area contributed by atoms with Gasteiger partial charge in [-0.2, -0.15) is 0 Å². The van der Waals surface area contributed by atoms with Crippen LogP contribution in [0.5, 0.6) is 0 Å². The van der Waals surface area contributed by atoms with Crippen molar-refractivity contribution in [2.24, 2.45) is 0 Å². The van der Waals surface area contributed by atoms with E-state index in [-0.39, 0.29) is 6.42 Å². The van der Waals surface area contributed by atoms with E-state index < -0.39 is 5.97 Å². The number of anilines is 1. The van der Waals surface area contributed by atoms with Crippen molar-refractivity contribution in [2.45, 2.75) is 17.1 Å². The fraction of sp³-hybridized carbons (Fsp3) is 0.143. The standard InChI is InChI=1S/C14H14N2O2S/c15-13-6-5-12(8-16-13)19-9-11-3-1-10(2-4-11)7-14(17)18/h1-6,8H,7,9H2,(H2,15,16)(H,17,18). The maximum atomic E-state index is 10.6. The van der Waals surface area contributed by atoms with Crippen LogP contribution >= 0.6 is 11.8 Å². The molecule has 1 aromatic carbocycles. The number of carbonyl (C=O) groups is 1. The summed E-state index contributed by atoms with van der Waals surface area (Å²) in [6, 6.07) is 11.3. The molecule has 1 aromatic heterocycles. The quantitative estimate of drug-likeness (QED) is 0.819. The van der Waals surface area contributed by atoms with Crippen LogP contribution < -0.4 is 5.73 Å². The minimum absolute atomic E-state index is 0.0648. The average molecular weight is 274 g/mol. The summed E-state index contributed by atoms with van der Waals surface area (Å²) in [5.41, 5.74) is 7.49. The molecule has 1 heterocycles. The Bertz CT molecular complexity index is 553. The van der Waals surface area contributed by atoms with E-state index in [9.17, 15) is 4.79 Å². The molecule has 5 heteroatoms. The Morgan fingerprint density at radius 3 is 2.42 bits per heavy atom. The number of benzene rings is 1. The Kier molecular flexibility index (Phi) is 4.41. The number of aliphatic carboxylic acids is 1. The Hall–Kier alpha value is -2.01. The zero-order chi connectivity index (χ0) is 13.7. The third-order valence-electron chi connectivity index (χ3n) is 2.54. The third kappa shape index (κ3) is 4.30. The van der Waals surface area contributed by atoms with Crippen molar-refractivity contribution in [3.8, 4) is 0 Å². The van der Waals surface area contributed by atoms with E-state index >= 15 is 0 Å². The fourth-order valence-corrected chi connectivity index (χ4v) is 2.39. The molecule has 0 radical (unpaired) electrons. The van der Waals surface area contributed by atoms with Gasteiger partial charge in [0.2, 0.25) is 0 Å². The van der Waals surface area contributed by atoms with Crippen LogP contribution in [0, 0.1) is 0 Å². The van der Waals surface area contributed by atoms with Gasteiger partial charge in [-0.25, -0.2) is 4.98 Å². The van der Waals surface area contributed by atoms with E-state index in [1.165, 1.54) is 0 Å². The predicted octanol–water partition coefficient (Wildman–Crippen LogP) is 2.58. The van der Waals surface area contributed by atoms with Crippen LogP contribution in [0.25, 0.3) is 0 Å². The highest BCUT2D eigenvalue weighted by Gasteiger charge is 2.01. The van der Waals surface area contributed by atoms with Gasteiger partial charge in [0.15, 0.2) is 0 Å². The van der Waals surface area contributed by atoms with Crippen molar-refractivity contribution in [2.75, 3.05) is 5.73 Å². The molecule has 0 amide bonds. The first-order valence-corrected chi connectivity index (χ1v) is 6.76. The van der Waals surface area contributed by atoms with Gasteiger partial charge in [0.1, 0.15) is 5.82 Å². The lowest BCUT2D eigenvalue weighted by molar-refractivity contribution is -0.136. The summed E-state index contributed by atoms with van der Waals surface area (Å²) in [6.07, 6.45) is 1.81. The maximum absolute atomic E-state index is 10.6. The zero-order valence-corrected chi connectivity index (χ0v) is 11.1. The summed E-state index contributed by atoms with van der Waals surface area (Å²) in [7, 11) is 0. The van der Waals surface area contributed by atoms with Crippen LogP contribution in [0.4, 0.5) is 5.82 Å². The zero-order valence-electron chi connectivity index (χ0n) is 10.2. The molecule has 0 spiro atoms. The maximum Gasteiger partial charge on any atom is 0.307 e. The first-order chi connectivity index (χ1) is 9.13. The molecule has 0 fully saturated rings. The molecule has 0 atom stereocenters. The Morgan fingerprint density at radius 1 is 1.16 bits per heavy atom. The smallest absolute Gasteiger partial charge is 0.307 e. The summed E-state index contributed by atoms with van der Waals surface area (Å²) in [6.45, 7) is 0. The van der Waals surface area contributed by atoms with Crippen molar-refractivity contribution in [3.63, 3.8) is 0 Å². The first kappa shape index (κ1) is 13.4. The van der Waals surface area contributed by atoms with Crippen molar-refractivity contribution in [1.29, 1.82) is 0 Å². The molecule has 0 aliphatic rings. The van der Waals surface area contributed by atoms with Crippen LogP contribution in [0.3, 0.4) is 0 Å². The predicted molar refractivity (Wildman–Crippen MR) is 76.0 cm³/mol. The number of thioether (sulfide) groups is 1. The number of nitrogen functional groups attached to an aromatic ring is 1. The van der Waals surface area contributed by atoms with E-state index in [2.05, 4.69) is 4.98 Å². The molecule has 4 nitrogen and oxygen atoms in total. The molecule has 19 heavy (non-hydrogen) atoms. The number of nitrogens with two attached hydrogens (primary N) is 1. The molecule has 0 bridgehead atoms. The highest BCUT2D eigenvalue weighted by Crippen LogP contribution is 2.22. The summed E-state index contributed by atoms with van der Waals surface area (Å²) in [5, 5.41) is 8.69. The minimum Gasteiger partial charge on any atom is -0.481 e. The van der Waals surface area contributed by atoms with Gasteiger partial charge in [-0.3, -0.25) is 4.79 Å². The van der Waals surface area contributed by atoms with E-state index in [0.717, 1.165) is 21.8 Å². The molecule has 2 aromatic rings. The topological polar surface area (TPSA) is 76.2 Å². The lowest BCUT2D eigenvalue weighted by Crippen LogP contribution is -1.99. The monoisotopic (exact) mass is 274 g/mol. The molecule has 0 aliphatic heterocycles. The molecule has 0 saturated carbocycles.